The molecule has 1 aliphatic heterocycles. The predicted molar refractivity (Wildman–Crippen MR) is 83.8 cm³/mol. The lowest BCUT2D eigenvalue weighted by molar-refractivity contribution is 0.130. The molecule has 1 aliphatic rings. The van der Waals surface area contributed by atoms with Gasteiger partial charge in [0.15, 0.2) is 0 Å². The average Bonchev–Trinajstić information content (AvgIpc) is 2.49. The molecule has 0 radical (unpaired) electrons. The van der Waals surface area contributed by atoms with E-state index >= 15 is 0 Å². The molecule has 0 aliphatic carbocycles. The molecule has 2 heterocycles. The van der Waals surface area contributed by atoms with E-state index in [4.69, 9.17) is 0 Å². The van der Waals surface area contributed by atoms with Crippen molar-refractivity contribution in [2.24, 2.45) is 0 Å². The van der Waals surface area contributed by atoms with E-state index in [-0.39, 0.29) is 11.9 Å². The Kier molecular flexibility index (Phi) is 6.08. The van der Waals surface area contributed by atoms with Crippen LogP contribution in [0.25, 0.3) is 0 Å². The SMILES string of the molecule is CNC(CCN(C)C1CCCN(C)C1)c1ccc(F)cn1. The Balaban J connectivity index is 1.86. The highest BCUT2D eigenvalue weighted by Crippen LogP contribution is 2.18. The molecule has 0 spiro atoms. The third-order valence-corrected chi connectivity index (χ3v) is 4.45. The standard InChI is InChI=1S/C16H27FN4/c1-18-15(16-7-6-13(17)11-19-16)8-10-21(3)14-5-4-9-20(2)12-14/h6-7,11,14-15,18H,4-5,8-10,12H2,1-3H3. The Labute approximate surface area is 127 Å². The summed E-state index contributed by atoms with van der Waals surface area (Å²) in [5.41, 5.74) is 0.910. The number of likely N-dealkylation sites (N-methyl/N-ethyl adjacent to an activating group) is 2. The van der Waals surface area contributed by atoms with Crippen molar-refractivity contribution in [2.75, 3.05) is 40.8 Å². The van der Waals surface area contributed by atoms with Crippen LogP contribution in [0.15, 0.2) is 18.3 Å². The van der Waals surface area contributed by atoms with Crippen molar-refractivity contribution < 1.29 is 4.39 Å². The van der Waals surface area contributed by atoms with E-state index in [0.717, 1.165) is 25.2 Å². The number of nitrogens with one attached hydrogen (secondary N) is 1. The van der Waals surface area contributed by atoms with Gasteiger partial charge in [0.05, 0.1) is 17.9 Å². The molecule has 2 atom stereocenters. The van der Waals surface area contributed by atoms with Crippen LogP contribution >= 0.6 is 0 Å². The van der Waals surface area contributed by atoms with Crippen molar-refractivity contribution in [1.29, 1.82) is 0 Å². The summed E-state index contributed by atoms with van der Waals surface area (Å²) >= 11 is 0. The minimum Gasteiger partial charge on any atom is -0.312 e. The first-order valence-electron chi connectivity index (χ1n) is 7.77. The molecule has 1 N–H and O–H groups in total. The number of rotatable bonds is 6. The van der Waals surface area contributed by atoms with E-state index in [9.17, 15) is 4.39 Å². The van der Waals surface area contributed by atoms with Crippen LogP contribution in [-0.4, -0.2) is 61.6 Å². The second-order valence-electron chi connectivity index (χ2n) is 6.07. The van der Waals surface area contributed by atoms with Gasteiger partial charge in [0.25, 0.3) is 0 Å². The average molecular weight is 294 g/mol. The van der Waals surface area contributed by atoms with Gasteiger partial charge in [-0.05, 0) is 59.1 Å². The highest BCUT2D eigenvalue weighted by Gasteiger charge is 2.21. The van der Waals surface area contributed by atoms with Crippen molar-refractivity contribution in [3.63, 3.8) is 0 Å². The number of nitrogens with zero attached hydrogens (tertiary/aromatic N) is 3. The van der Waals surface area contributed by atoms with Crippen LogP contribution in [0.1, 0.15) is 31.0 Å². The van der Waals surface area contributed by atoms with Gasteiger partial charge in [-0.3, -0.25) is 4.98 Å². The van der Waals surface area contributed by atoms with E-state index in [1.807, 2.05) is 7.05 Å². The highest BCUT2D eigenvalue weighted by molar-refractivity contribution is 5.09. The van der Waals surface area contributed by atoms with Gasteiger partial charge in [0.2, 0.25) is 0 Å². The molecule has 0 amide bonds. The van der Waals surface area contributed by atoms with E-state index < -0.39 is 0 Å². The molecule has 1 aromatic heterocycles. The third-order valence-electron chi connectivity index (χ3n) is 4.45. The van der Waals surface area contributed by atoms with Crippen molar-refractivity contribution in [2.45, 2.75) is 31.3 Å². The smallest absolute Gasteiger partial charge is 0.141 e. The van der Waals surface area contributed by atoms with Gasteiger partial charge in [-0.25, -0.2) is 4.39 Å². The molecule has 0 bridgehead atoms. The van der Waals surface area contributed by atoms with Crippen LogP contribution in [0.4, 0.5) is 4.39 Å². The predicted octanol–water partition coefficient (Wildman–Crippen LogP) is 1.90. The number of halogens is 1. The Bertz CT molecular complexity index is 423. The Morgan fingerprint density at radius 3 is 2.95 bits per heavy atom. The van der Waals surface area contributed by atoms with Crippen LogP contribution in [0.2, 0.25) is 0 Å². The first-order valence-corrected chi connectivity index (χ1v) is 7.77. The summed E-state index contributed by atoms with van der Waals surface area (Å²) in [6.45, 7) is 3.38. The fourth-order valence-electron chi connectivity index (χ4n) is 3.05. The summed E-state index contributed by atoms with van der Waals surface area (Å²) < 4.78 is 13.0. The highest BCUT2D eigenvalue weighted by atomic mass is 19.1. The molecule has 1 saturated heterocycles. The zero-order chi connectivity index (χ0) is 15.2. The zero-order valence-electron chi connectivity index (χ0n) is 13.3. The summed E-state index contributed by atoms with van der Waals surface area (Å²) in [5.74, 6) is -0.282. The van der Waals surface area contributed by atoms with Crippen molar-refractivity contribution in [3.05, 3.63) is 29.8 Å². The van der Waals surface area contributed by atoms with E-state index in [2.05, 4.69) is 34.2 Å². The maximum absolute atomic E-state index is 13.0. The first kappa shape index (κ1) is 16.3. The molecule has 4 nitrogen and oxygen atoms in total. The van der Waals surface area contributed by atoms with Crippen LogP contribution in [0.3, 0.4) is 0 Å². The number of pyridine rings is 1. The summed E-state index contributed by atoms with van der Waals surface area (Å²) in [5, 5.41) is 3.28. The maximum Gasteiger partial charge on any atom is 0.141 e. The molecule has 118 valence electrons. The lowest BCUT2D eigenvalue weighted by Crippen LogP contribution is -2.45. The van der Waals surface area contributed by atoms with E-state index in [1.54, 1.807) is 6.07 Å². The molecule has 0 saturated carbocycles. The molecular weight excluding hydrogens is 267 g/mol. The molecule has 5 heteroatoms. The summed E-state index contributed by atoms with van der Waals surface area (Å²) in [6, 6.07) is 4.06. The van der Waals surface area contributed by atoms with Crippen molar-refractivity contribution >= 4 is 0 Å². The largest absolute Gasteiger partial charge is 0.312 e. The Morgan fingerprint density at radius 2 is 2.33 bits per heavy atom. The third kappa shape index (κ3) is 4.73. The second kappa shape index (κ2) is 7.82. The molecule has 2 unspecified atom stereocenters. The van der Waals surface area contributed by atoms with Crippen LogP contribution < -0.4 is 5.32 Å². The Hall–Kier alpha value is -1.04. The number of hydrogen-bond acceptors (Lipinski definition) is 4. The van der Waals surface area contributed by atoms with Gasteiger partial charge >= 0.3 is 0 Å². The quantitative estimate of drug-likeness (QED) is 0.868. The summed E-state index contributed by atoms with van der Waals surface area (Å²) in [4.78, 5) is 9.04. The van der Waals surface area contributed by atoms with Crippen LogP contribution in [-0.2, 0) is 0 Å². The number of hydrogen-bond donors (Lipinski definition) is 1. The van der Waals surface area contributed by atoms with Gasteiger partial charge in [-0.15, -0.1) is 0 Å². The van der Waals surface area contributed by atoms with E-state index in [1.165, 1.54) is 31.6 Å². The van der Waals surface area contributed by atoms with Crippen molar-refractivity contribution in [3.8, 4) is 0 Å². The maximum atomic E-state index is 13.0. The fraction of sp³-hybridized carbons (Fsp3) is 0.688. The number of aromatic nitrogens is 1. The zero-order valence-corrected chi connectivity index (χ0v) is 13.3. The molecule has 1 fully saturated rings. The van der Waals surface area contributed by atoms with Crippen LogP contribution in [0, 0.1) is 5.82 Å². The van der Waals surface area contributed by atoms with Gasteiger partial charge in [-0.1, -0.05) is 0 Å². The van der Waals surface area contributed by atoms with Gasteiger partial charge in [0.1, 0.15) is 5.82 Å². The molecule has 21 heavy (non-hydrogen) atoms. The van der Waals surface area contributed by atoms with Gasteiger partial charge in [-0.2, -0.15) is 0 Å². The lowest BCUT2D eigenvalue weighted by atomic mass is 10.0. The summed E-state index contributed by atoms with van der Waals surface area (Å²) in [7, 11) is 6.33. The number of piperidine rings is 1. The second-order valence-corrected chi connectivity index (χ2v) is 6.07. The normalized spacial score (nSPS) is 21.7. The summed E-state index contributed by atoms with van der Waals surface area (Å²) in [6.07, 6.45) is 4.83. The van der Waals surface area contributed by atoms with Crippen molar-refractivity contribution in [1.82, 2.24) is 20.1 Å². The minimum absolute atomic E-state index is 0.175. The lowest BCUT2D eigenvalue weighted by Gasteiger charge is -2.36. The molecule has 0 aromatic carbocycles. The van der Waals surface area contributed by atoms with E-state index in [0.29, 0.717) is 6.04 Å². The molecule has 1 aromatic rings. The first-order chi connectivity index (χ1) is 10.1. The van der Waals surface area contributed by atoms with Crippen LogP contribution in [0.5, 0.6) is 0 Å². The monoisotopic (exact) mass is 294 g/mol. The number of likely N-dealkylation sites (tertiary alicyclic amines) is 1. The van der Waals surface area contributed by atoms with Gasteiger partial charge < -0.3 is 15.1 Å². The Morgan fingerprint density at radius 1 is 1.52 bits per heavy atom. The molecule has 2 rings (SSSR count). The minimum atomic E-state index is -0.282. The van der Waals surface area contributed by atoms with Gasteiger partial charge in [0, 0.05) is 19.1 Å². The molecular formula is C16H27FN4. The topological polar surface area (TPSA) is 31.4 Å². The fourth-order valence-corrected chi connectivity index (χ4v) is 3.05.